The molecule has 2 fully saturated rings. The fraction of sp³-hybridized carbons (Fsp3) is 0.571. The molecule has 2 N–H and O–H groups in total. The summed E-state index contributed by atoms with van der Waals surface area (Å²) in [5.74, 6) is 2.18. The third-order valence-electron chi connectivity index (χ3n) is 6.88. The van der Waals surface area contributed by atoms with E-state index >= 15 is 0 Å². The standard InChI is InChI=1S/C28H40N2O2/c1-19-15-23(16-20(2)27(19)31-25-7-11-29-12-8-25)5-6-24-17-21(3)28(22(4)18-24)32-26-9-13-30-14-10-26/h15-18,25-26,29-30H,5-14H2,1-4H3. The summed E-state index contributed by atoms with van der Waals surface area (Å²) < 4.78 is 12.8. The van der Waals surface area contributed by atoms with Gasteiger partial charge in [-0.2, -0.15) is 0 Å². The second-order valence-corrected chi connectivity index (χ2v) is 9.75. The zero-order valence-electron chi connectivity index (χ0n) is 20.4. The fourth-order valence-electron chi connectivity index (χ4n) is 5.19. The number of piperidine rings is 2. The monoisotopic (exact) mass is 436 g/mol. The van der Waals surface area contributed by atoms with E-state index in [0.29, 0.717) is 12.2 Å². The molecule has 0 unspecified atom stereocenters. The SMILES string of the molecule is Cc1cc(CCc2cc(C)c(OC3CCNCC3)c(C)c2)cc(C)c1OC1CCNCC1. The summed E-state index contributed by atoms with van der Waals surface area (Å²) in [6, 6.07) is 9.27. The lowest BCUT2D eigenvalue weighted by Gasteiger charge is -2.26. The van der Waals surface area contributed by atoms with Crippen molar-refractivity contribution in [3.63, 3.8) is 0 Å². The van der Waals surface area contributed by atoms with Crippen LogP contribution in [0.1, 0.15) is 59.1 Å². The molecule has 0 radical (unpaired) electrons. The molecule has 174 valence electrons. The van der Waals surface area contributed by atoms with Crippen molar-refractivity contribution in [1.29, 1.82) is 0 Å². The van der Waals surface area contributed by atoms with Gasteiger partial charge in [-0.15, -0.1) is 0 Å². The van der Waals surface area contributed by atoms with Crippen LogP contribution in [0, 0.1) is 27.7 Å². The topological polar surface area (TPSA) is 42.5 Å². The Morgan fingerprint density at radius 3 is 1.22 bits per heavy atom. The van der Waals surface area contributed by atoms with E-state index in [4.69, 9.17) is 9.47 Å². The maximum absolute atomic E-state index is 6.38. The zero-order valence-corrected chi connectivity index (χ0v) is 20.4. The Morgan fingerprint density at radius 1 is 0.594 bits per heavy atom. The van der Waals surface area contributed by atoms with Gasteiger partial charge in [0.05, 0.1) is 0 Å². The average Bonchev–Trinajstić information content (AvgIpc) is 2.79. The van der Waals surface area contributed by atoms with E-state index in [0.717, 1.165) is 76.2 Å². The zero-order chi connectivity index (χ0) is 22.5. The van der Waals surface area contributed by atoms with E-state index in [2.05, 4.69) is 62.6 Å². The minimum absolute atomic E-state index is 0.344. The van der Waals surface area contributed by atoms with Gasteiger partial charge < -0.3 is 20.1 Å². The Hall–Kier alpha value is -2.04. The molecule has 0 aromatic heterocycles. The third kappa shape index (κ3) is 5.85. The van der Waals surface area contributed by atoms with Crippen LogP contribution in [0.2, 0.25) is 0 Å². The van der Waals surface area contributed by atoms with Crippen molar-refractivity contribution in [3.8, 4) is 11.5 Å². The van der Waals surface area contributed by atoms with Crippen LogP contribution in [0.4, 0.5) is 0 Å². The highest BCUT2D eigenvalue weighted by molar-refractivity contribution is 5.45. The van der Waals surface area contributed by atoms with Crippen molar-refractivity contribution in [2.75, 3.05) is 26.2 Å². The molecule has 4 rings (SSSR count). The molecule has 0 spiro atoms. The van der Waals surface area contributed by atoms with Crippen molar-refractivity contribution in [1.82, 2.24) is 10.6 Å². The second kappa shape index (κ2) is 10.7. The smallest absolute Gasteiger partial charge is 0.125 e. The predicted octanol–water partition coefficient (Wildman–Crippen LogP) is 4.97. The molecular formula is C28H40N2O2. The van der Waals surface area contributed by atoms with E-state index in [1.54, 1.807) is 0 Å². The number of benzene rings is 2. The van der Waals surface area contributed by atoms with E-state index in [9.17, 15) is 0 Å². The van der Waals surface area contributed by atoms with Crippen molar-refractivity contribution in [2.24, 2.45) is 0 Å². The third-order valence-corrected chi connectivity index (χ3v) is 6.88. The molecule has 2 aromatic carbocycles. The van der Waals surface area contributed by atoms with E-state index in [1.165, 1.54) is 33.4 Å². The van der Waals surface area contributed by atoms with E-state index in [-0.39, 0.29) is 0 Å². The number of aryl methyl sites for hydroxylation is 6. The van der Waals surface area contributed by atoms with Gasteiger partial charge in [-0.05, 0) is 126 Å². The molecule has 4 heteroatoms. The van der Waals surface area contributed by atoms with Gasteiger partial charge in [0.1, 0.15) is 23.7 Å². The molecule has 2 aromatic rings. The van der Waals surface area contributed by atoms with Crippen LogP contribution in [0.25, 0.3) is 0 Å². The molecule has 32 heavy (non-hydrogen) atoms. The lowest BCUT2D eigenvalue weighted by molar-refractivity contribution is 0.160. The molecule has 0 atom stereocenters. The fourth-order valence-corrected chi connectivity index (χ4v) is 5.19. The normalized spacial score (nSPS) is 18.0. The first-order valence-electron chi connectivity index (χ1n) is 12.4. The maximum Gasteiger partial charge on any atom is 0.125 e. The molecule has 0 aliphatic carbocycles. The first-order valence-corrected chi connectivity index (χ1v) is 12.4. The second-order valence-electron chi connectivity index (χ2n) is 9.75. The summed E-state index contributed by atoms with van der Waals surface area (Å²) in [7, 11) is 0. The van der Waals surface area contributed by atoms with Gasteiger partial charge in [0.25, 0.3) is 0 Å². The molecule has 2 saturated heterocycles. The molecule has 2 aliphatic heterocycles. The van der Waals surface area contributed by atoms with Crippen molar-refractivity contribution in [3.05, 3.63) is 57.6 Å². The highest BCUT2D eigenvalue weighted by atomic mass is 16.5. The minimum Gasteiger partial charge on any atom is -0.490 e. The lowest BCUT2D eigenvalue weighted by Crippen LogP contribution is -2.34. The van der Waals surface area contributed by atoms with Crippen LogP contribution in [0.3, 0.4) is 0 Å². The summed E-state index contributed by atoms with van der Waals surface area (Å²) in [5.41, 5.74) is 7.83. The first-order chi connectivity index (χ1) is 15.5. The molecule has 2 aliphatic rings. The Morgan fingerprint density at radius 2 is 0.906 bits per heavy atom. The van der Waals surface area contributed by atoms with Crippen molar-refractivity contribution >= 4 is 0 Å². The van der Waals surface area contributed by atoms with Gasteiger partial charge in [0.15, 0.2) is 0 Å². The van der Waals surface area contributed by atoms with Crippen LogP contribution >= 0.6 is 0 Å². The molecule has 2 heterocycles. The largest absolute Gasteiger partial charge is 0.490 e. The molecule has 0 saturated carbocycles. The van der Waals surface area contributed by atoms with Gasteiger partial charge in [-0.1, -0.05) is 24.3 Å². The number of hydrogen-bond donors (Lipinski definition) is 2. The van der Waals surface area contributed by atoms with Crippen LogP contribution in [-0.4, -0.2) is 38.4 Å². The summed E-state index contributed by atoms with van der Waals surface area (Å²) in [5, 5.41) is 6.82. The predicted molar refractivity (Wildman–Crippen MR) is 132 cm³/mol. The van der Waals surface area contributed by atoms with Gasteiger partial charge in [0, 0.05) is 0 Å². The van der Waals surface area contributed by atoms with Gasteiger partial charge >= 0.3 is 0 Å². The summed E-state index contributed by atoms with van der Waals surface area (Å²) in [6.45, 7) is 13.0. The Balaban J connectivity index is 1.39. The quantitative estimate of drug-likeness (QED) is 0.643. The van der Waals surface area contributed by atoms with E-state index < -0.39 is 0 Å². The lowest BCUT2D eigenvalue weighted by atomic mass is 9.97. The number of ether oxygens (including phenoxy) is 2. The summed E-state index contributed by atoms with van der Waals surface area (Å²) in [4.78, 5) is 0. The average molecular weight is 437 g/mol. The van der Waals surface area contributed by atoms with E-state index in [1.807, 2.05) is 0 Å². The maximum atomic E-state index is 6.38. The number of hydrogen-bond acceptors (Lipinski definition) is 4. The molecule has 4 nitrogen and oxygen atoms in total. The minimum atomic E-state index is 0.344. The Bertz CT molecular complexity index is 790. The van der Waals surface area contributed by atoms with Gasteiger partial charge in [-0.25, -0.2) is 0 Å². The Labute approximate surface area is 194 Å². The molecule has 0 bridgehead atoms. The Kier molecular flexibility index (Phi) is 7.75. The molecular weight excluding hydrogens is 396 g/mol. The molecule has 0 amide bonds. The van der Waals surface area contributed by atoms with Crippen molar-refractivity contribution < 1.29 is 9.47 Å². The van der Waals surface area contributed by atoms with Crippen LogP contribution in [0.5, 0.6) is 11.5 Å². The summed E-state index contributed by atoms with van der Waals surface area (Å²) >= 11 is 0. The highest BCUT2D eigenvalue weighted by Crippen LogP contribution is 2.30. The van der Waals surface area contributed by atoms with Crippen molar-refractivity contribution in [2.45, 2.75) is 78.4 Å². The van der Waals surface area contributed by atoms with Crippen LogP contribution < -0.4 is 20.1 Å². The number of nitrogens with one attached hydrogen (secondary N) is 2. The van der Waals surface area contributed by atoms with Gasteiger partial charge in [0.2, 0.25) is 0 Å². The number of rotatable bonds is 7. The van der Waals surface area contributed by atoms with Crippen LogP contribution in [-0.2, 0) is 12.8 Å². The first kappa shape index (κ1) is 23.1. The highest BCUT2D eigenvalue weighted by Gasteiger charge is 2.18. The van der Waals surface area contributed by atoms with Crippen LogP contribution in [0.15, 0.2) is 24.3 Å². The summed E-state index contributed by atoms with van der Waals surface area (Å²) in [6.07, 6.45) is 7.15. The van der Waals surface area contributed by atoms with Gasteiger partial charge in [-0.3, -0.25) is 0 Å².